The predicted molar refractivity (Wildman–Crippen MR) is 149 cm³/mol. The highest BCUT2D eigenvalue weighted by Gasteiger charge is 2.42. The largest absolute Gasteiger partial charge is 0.459 e. The van der Waals surface area contributed by atoms with Gasteiger partial charge in [0.25, 0.3) is 0 Å². The van der Waals surface area contributed by atoms with Crippen molar-refractivity contribution >= 4 is 46.2 Å². The number of thiocarbonyl (C=S) groups is 1. The molecule has 2 N–H and O–H groups in total. The van der Waals surface area contributed by atoms with Gasteiger partial charge in [-0.2, -0.15) is 0 Å². The minimum atomic E-state index is -0.300. The van der Waals surface area contributed by atoms with E-state index in [0.717, 1.165) is 28.3 Å². The SMILES string of the molecule is COCC(=O)Nc1ccc(N2C(=S)NC(c3ccccn3)C2c2ccc(-c3ccc(C)c(Cl)c3)o2)cc1. The number of aryl methyl sites for hydroxylation is 1. The first kappa shape index (κ1) is 25.0. The molecule has 4 aromatic rings. The van der Waals surface area contributed by atoms with Gasteiger partial charge >= 0.3 is 0 Å². The van der Waals surface area contributed by atoms with Gasteiger partial charge in [-0.15, -0.1) is 0 Å². The summed E-state index contributed by atoms with van der Waals surface area (Å²) < 4.78 is 11.3. The summed E-state index contributed by atoms with van der Waals surface area (Å²) >= 11 is 12.2. The molecule has 1 saturated heterocycles. The van der Waals surface area contributed by atoms with Crippen molar-refractivity contribution in [1.29, 1.82) is 0 Å². The van der Waals surface area contributed by atoms with Crippen LogP contribution in [0.5, 0.6) is 0 Å². The quantitative estimate of drug-likeness (QED) is 0.280. The number of rotatable bonds is 7. The summed E-state index contributed by atoms with van der Waals surface area (Å²) in [5.74, 6) is 1.22. The van der Waals surface area contributed by atoms with Crippen LogP contribution < -0.4 is 15.5 Å². The molecule has 3 heterocycles. The van der Waals surface area contributed by atoms with E-state index in [-0.39, 0.29) is 24.6 Å². The van der Waals surface area contributed by atoms with Crippen LogP contribution in [0.3, 0.4) is 0 Å². The molecule has 0 spiro atoms. The lowest BCUT2D eigenvalue weighted by atomic mass is 10.0. The number of furan rings is 1. The standard InChI is InChI=1S/C28H25ClN4O3S/c1-17-6-7-18(15-21(17)29)23-12-13-24(36-23)27-26(22-5-3-4-14-30-22)32-28(37)33(27)20-10-8-19(9-11-20)31-25(34)16-35-2/h3-15,26-27H,16H2,1-2H3,(H,31,34)(H,32,37). The molecule has 7 nitrogen and oxygen atoms in total. The van der Waals surface area contributed by atoms with Crippen molar-refractivity contribution in [2.24, 2.45) is 0 Å². The number of anilines is 2. The van der Waals surface area contributed by atoms with Crippen LogP contribution in [-0.4, -0.2) is 29.7 Å². The zero-order chi connectivity index (χ0) is 25.9. The first-order valence-electron chi connectivity index (χ1n) is 11.7. The Balaban J connectivity index is 1.51. The maximum absolute atomic E-state index is 11.9. The van der Waals surface area contributed by atoms with Crippen molar-refractivity contribution in [3.63, 3.8) is 0 Å². The highest BCUT2D eigenvalue weighted by molar-refractivity contribution is 7.80. The van der Waals surface area contributed by atoms with Gasteiger partial charge < -0.3 is 24.7 Å². The van der Waals surface area contributed by atoms with E-state index >= 15 is 0 Å². The van der Waals surface area contributed by atoms with E-state index in [0.29, 0.717) is 21.6 Å². The average molecular weight is 533 g/mol. The molecule has 1 amide bonds. The normalized spacial score (nSPS) is 17.1. The number of nitrogens with zero attached hydrogens (tertiary/aromatic N) is 2. The Morgan fingerprint density at radius 2 is 1.97 bits per heavy atom. The fraction of sp³-hybridized carbons (Fsp3) is 0.179. The van der Waals surface area contributed by atoms with Crippen LogP contribution in [0.2, 0.25) is 5.02 Å². The number of ether oxygens (including phenoxy) is 1. The van der Waals surface area contributed by atoms with E-state index in [1.807, 2.05) is 84.6 Å². The van der Waals surface area contributed by atoms with Gasteiger partial charge in [0.05, 0.1) is 11.7 Å². The second-order valence-corrected chi connectivity index (χ2v) is 9.48. The van der Waals surface area contributed by atoms with E-state index in [1.165, 1.54) is 7.11 Å². The lowest BCUT2D eigenvalue weighted by molar-refractivity contribution is -0.119. The minimum Gasteiger partial charge on any atom is -0.459 e. The molecule has 0 radical (unpaired) electrons. The molecule has 37 heavy (non-hydrogen) atoms. The number of aromatic nitrogens is 1. The number of amides is 1. The molecule has 0 aliphatic carbocycles. The first-order valence-corrected chi connectivity index (χ1v) is 12.5. The summed E-state index contributed by atoms with van der Waals surface area (Å²) in [5, 5.41) is 7.47. The number of methoxy groups -OCH3 is 1. The first-order chi connectivity index (χ1) is 17.9. The van der Waals surface area contributed by atoms with Crippen LogP contribution in [-0.2, 0) is 9.53 Å². The highest BCUT2D eigenvalue weighted by atomic mass is 35.5. The Labute approximate surface area is 225 Å². The molecule has 2 unspecified atom stereocenters. The van der Waals surface area contributed by atoms with Crippen LogP contribution in [0.25, 0.3) is 11.3 Å². The van der Waals surface area contributed by atoms with Gasteiger partial charge in [-0.3, -0.25) is 9.78 Å². The van der Waals surface area contributed by atoms with Gasteiger partial charge in [-0.1, -0.05) is 29.8 Å². The zero-order valence-electron chi connectivity index (χ0n) is 20.3. The van der Waals surface area contributed by atoms with Crippen molar-refractivity contribution in [1.82, 2.24) is 10.3 Å². The third kappa shape index (κ3) is 5.22. The minimum absolute atomic E-state index is 0.0112. The van der Waals surface area contributed by atoms with E-state index in [4.69, 9.17) is 33.0 Å². The van der Waals surface area contributed by atoms with Gasteiger partial charge in [0, 0.05) is 35.3 Å². The van der Waals surface area contributed by atoms with Crippen LogP contribution in [0.4, 0.5) is 11.4 Å². The number of hydrogen-bond donors (Lipinski definition) is 2. The fourth-order valence-corrected chi connectivity index (χ4v) is 4.89. The maximum atomic E-state index is 11.9. The van der Waals surface area contributed by atoms with Crippen LogP contribution in [0, 0.1) is 6.92 Å². The summed E-state index contributed by atoms with van der Waals surface area (Å²) in [6.45, 7) is 1.96. The molecule has 2 atom stereocenters. The third-order valence-corrected chi connectivity index (χ3v) is 6.90. The van der Waals surface area contributed by atoms with Crippen LogP contribution in [0.1, 0.15) is 29.1 Å². The lowest BCUT2D eigenvalue weighted by Crippen LogP contribution is -2.29. The van der Waals surface area contributed by atoms with E-state index < -0.39 is 0 Å². The van der Waals surface area contributed by atoms with Crippen molar-refractivity contribution in [2.45, 2.75) is 19.0 Å². The predicted octanol–water partition coefficient (Wildman–Crippen LogP) is 6.07. The Morgan fingerprint density at radius 1 is 1.16 bits per heavy atom. The highest BCUT2D eigenvalue weighted by Crippen LogP contribution is 2.43. The smallest absolute Gasteiger partial charge is 0.250 e. The third-order valence-electron chi connectivity index (χ3n) is 6.18. The van der Waals surface area contributed by atoms with Gasteiger partial charge in [0.15, 0.2) is 5.11 Å². The lowest BCUT2D eigenvalue weighted by Gasteiger charge is -2.26. The molecule has 2 aromatic carbocycles. The Hall–Kier alpha value is -3.72. The average Bonchev–Trinajstić information content (AvgIpc) is 3.51. The van der Waals surface area contributed by atoms with Crippen molar-refractivity contribution in [2.75, 3.05) is 23.9 Å². The van der Waals surface area contributed by atoms with Gasteiger partial charge in [-0.25, -0.2) is 0 Å². The topological polar surface area (TPSA) is 79.6 Å². The van der Waals surface area contributed by atoms with Crippen molar-refractivity contribution in [3.8, 4) is 11.3 Å². The molecule has 9 heteroatoms. The molecule has 0 saturated carbocycles. The van der Waals surface area contributed by atoms with E-state index in [9.17, 15) is 4.79 Å². The number of carbonyl (C=O) groups is 1. The van der Waals surface area contributed by atoms with Crippen molar-refractivity contribution < 1.29 is 13.9 Å². The number of nitrogens with one attached hydrogen (secondary N) is 2. The van der Waals surface area contributed by atoms with E-state index in [2.05, 4.69) is 15.6 Å². The summed E-state index contributed by atoms with van der Waals surface area (Å²) in [4.78, 5) is 18.5. The summed E-state index contributed by atoms with van der Waals surface area (Å²) in [5.41, 5.74) is 4.26. The molecular weight excluding hydrogens is 508 g/mol. The van der Waals surface area contributed by atoms with E-state index in [1.54, 1.807) is 6.20 Å². The number of carbonyl (C=O) groups excluding carboxylic acids is 1. The molecule has 1 fully saturated rings. The zero-order valence-corrected chi connectivity index (χ0v) is 21.8. The Morgan fingerprint density at radius 3 is 2.68 bits per heavy atom. The number of hydrogen-bond acceptors (Lipinski definition) is 5. The number of benzene rings is 2. The molecule has 0 bridgehead atoms. The summed E-state index contributed by atoms with van der Waals surface area (Å²) in [7, 11) is 1.48. The second-order valence-electron chi connectivity index (χ2n) is 8.69. The Bertz CT molecular complexity index is 1430. The number of pyridine rings is 1. The van der Waals surface area contributed by atoms with Crippen molar-refractivity contribution in [3.05, 3.63) is 101 Å². The van der Waals surface area contributed by atoms with Gasteiger partial charge in [0.2, 0.25) is 5.91 Å². The molecule has 2 aromatic heterocycles. The maximum Gasteiger partial charge on any atom is 0.250 e. The summed E-state index contributed by atoms with van der Waals surface area (Å²) in [6, 6.07) is 22.5. The van der Waals surface area contributed by atoms with Crippen LogP contribution >= 0.6 is 23.8 Å². The molecule has 188 valence electrons. The fourth-order valence-electron chi connectivity index (χ4n) is 4.37. The summed E-state index contributed by atoms with van der Waals surface area (Å²) in [6.07, 6.45) is 1.76. The molecule has 1 aliphatic rings. The van der Waals surface area contributed by atoms with Crippen LogP contribution in [0.15, 0.2) is 83.4 Å². The number of halogens is 1. The van der Waals surface area contributed by atoms with Gasteiger partial charge in [0.1, 0.15) is 24.2 Å². The molecular formula is C28H25ClN4O3S. The second kappa shape index (κ2) is 10.7. The Kier molecular flexibility index (Phi) is 7.23. The molecule has 5 rings (SSSR count). The molecule has 1 aliphatic heterocycles. The monoisotopic (exact) mass is 532 g/mol. The van der Waals surface area contributed by atoms with Gasteiger partial charge in [-0.05, 0) is 79.3 Å².